The fourth-order valence-corrected chi connectivity index (χ4v) is 3.96. The summed E-state index contributed by atoms with van der Waals surface area (Å²) in [6.45, 7) is 3.35. The second-order valence-electron chi connectivity index (χ2n) is 8.62. The topological polar surface area (TPSA) is 125 Å². The van der Waals surface area contributed by atoms with E-state index >= 15 is 0 Å². The highest BCUT2D eigenvalue weighted by molar-refractivity contribution is 5.96. The summed E-state index contributed by atoms with van der Waals surface area (Å²) in [4.78, 5) is 4.33. The summed E-state index contributed by atoms with van der Waals surface area (Å²) in [6.07, 6.45) is 0. The Balaban J connectivity index is 1.83. The van der Waals surface area contributed by atoms with Crippen molar-refractivity contribution in [2.45, 2.75) is 20.0 Å². The number of nitrogen functional groups attached to an aromatic ring is 2. The van der Waals surface area contributed by atoms with Crippen LogP contribution in [-0.4, -0.2) is 40.0 Å². The van der Waals surface area contributed by atoms with Gasteiger partial charge in [-0.3, -0.25) is 10.8 Å². The molecule has 0 aliphatic heterocycles. The van der Waals surface area contributed by atoms with E-state index in [4.69, 9.17) is 31.8 Å². The lowest BCUT2D eigenvalue weighted by atomic mass is 10.1. The molecule has 0 unspecified atom stereocenters. The Bertz CT molecular complexity index is 1150. The number of amidine groups is 2. The third-order valence-electron chi connectivity index (χ3n) is 5.94. The summed E-state index contributed by atoms with van der Waals surface area (Å²) in [5, 5.41) is 15.3. The molecule has 8 heteroatoms. The maximum absolute atomic E-state index is 7.66. The highest BCUT2D eigenvalue weighted by atomic mass is 16.5. The number of hydrogen-bond donors (Lipinski definition) is 4. The van der Waals surface area contributed by atoms with Crippen LogP contribution in [0.25, 0.3) is 0 Å². The van der Waals surface area contributed by atoms with Gasteiger partial charge in [-0.2, -0.15) is 0 Å². The first-order valence-electron chi connectivity index (χ1n) is 11.2. The number of anilines is 2. The molecule has 35 heavy (non-hydrogen) atoms. The van der Waals surface area contributed by atoms with E-state index in [0.29, 0.717) is 35.7 Å². The Morgan fingerprint density at radius 2 is 1.11 bits per heavy atom. The van der Waals surface area contributed by atoms with Crippen LogP contribution in [0.5, 0.6) is 11.5 Å². The fourth-order valence-electron chi connectivity index (χ4n) is 3.96. The molecule has 0 saturated carbocycles. The van der Waals surface area contributed by atoms with Crippen molar-refractivity contribution in [3.8, 4) is 11.5 Å². The molecule has 0 fully saturated rings. The standard InChI is InChI=1S/C27H34N6O2/c1-17-10-22(32(2)15-20-8-6-18(26(28)29)12-24(20)34-4)14-23(11-17)33(3)16-21-9-7-19(27(30)31)13-25(21)35-5/h6-14H,15-16H2,1-5H3,(H3,28,29)(H3,30,31). The van der Waals surface area contributed by atoms with E-state index in [9.17, 15) is 0 Å². The van der Waals surface area contributed by atoms with Gasteiger partial charge in [0.25, 0.3) is 0 Å². The van der Waals surface area contributed by atoms with E-state index in [1.807, 2.05) is 38.4 Å². The van der Waals surface area contributed by atoms with Gasteiger partial charge in [0.15, 0.2) is 0 Å². The van der Waals surface area contributed by atoms with Crippen molar-refractivity contribution in [2.24, 2.45) is 11.5 Å². The van der Waals surface area contributed by atoms with Gasteiger partial charge in [0.2, 0.25) is 0 Å². The maximum Gasteiger partial charge on any atom is 0.124 e. The molecule has 0 amide bonds. The van der Waals surface area contributed by atoms with Crippen molar-refractivity contribution in [3.05, 3.63) is 82.4 Å². The highest BCUT2D eigenvalue weighted by Crippen LogP contribution is 2.29. The van der Waals surface area contributed by atoms with Crippen LogP contribution < -0.4 is 30.7 Å². The number of nitrogens with zero attached hydrogens (tertiary/aromatic N) is 2. The summed E-state index contributed by atoms with van der Waals surface area (Å²) in [6, 6.07) is 17.6. The van der Waals surface area contributed by atoms with Crippen LogP contribution in [0.1, 0.15) is 27.8 Å². The normalized spacial score (nSPS) is 10.5. The van der Waals surface area contributed by atoms with Gasteiger partial charge >= 0.3 is 0 Å². The molecule has 0 heterocycles. The Morgan fingerprint density at radius 3 is 1.46 bits per heavy atom. The predicted molar refractivity (Wildman–Crippen MR) is 143 cm³/mol. The van der Waals surface area contributed by atoms with E-state index in [1.54, 1.807) is 26.4 Å². The number of aryl methyl sites for hydroxylation is 1. The van der Waals surface area contributed by atoms with E-state index in [0.717, 1.165) is 28.1 Å². The number of ether oxygens (including phenoxy) is 2. The number of hydrogen-bond acceptors (Lipinski definition) is 6. The van der Waals surface area contributed by atoms with Crippen molar-refractivity contribution < 1.29 is 9.47 Å². The summed E-state index contributed by atoms with van der Waals surface area (Å²) in [7, 11) is 7.33. The molecule has 0 radical (unpaired) electrons. The first-order valence-corrected chi connectivity index (χ1v) is 11.2. The molecule has 0 spiro atoms. The zero-order valence-electron chi connectivity index (χ0n) is 21.0. The number of nitrogens with one attached hydrogen (secondary N) is 2. The summed E-state index contributed by atoms with van der Waals surface area (Å²) < 4.78 is 11.1. The van der Waals surface area contributed by atoms with E-state index < -0.39 is 0 Å². The van der Waals surface area contributed by atoms with Crippen LogP contribution in [0.3, 0.4) is 0 Å². The lowest BCUT2D eigenvalue weighted by Gasteiger charge is -2.26. The fraction of sp³-hybridized carbons (Fsp3) is 0.259. The van der Waals surface area contributed by atoms with Crippen LogP contribution in [-0.2, 0) is 13.1 Å². The molecule has 3 aromatic carbocycles. The second kappa shape index (κ2) is 10.8. The van der Waals surface area contributed by atoms with Gasteiger partial charge in [0.05, 0.1) is 14.2 Å². The number of nitrogens with two attached hydrogens (primary N) is 2. The maximum atomic E-state index is 7.66. The molecule has 0 saturated heterocycles. The molecule has 8 nitrogen and oxygen atoms in total. The molecule has 0 bridgehead atoms. The average molecular weight is 475 g/mol. The lowest BCUT2D eigenvalue weighted by Crippen LogP contribution is -2.20. The van der Waals surface area contributed by atoms with Gasteiger partial charge < -0.3 is 30.7 Å². The van der Waals surface area contributed by atoms with Gasteiger partial charge in [-0.05, 0) is 42.8 Å². The molecule has 0 atom stereocenters. The van der Waals surface area contributed by atoms with Crippen molar-refractivity contribution in [3.63, 3.8) is 0 Å². The van der Waals surface area contributed by atoms with Crippen LogP contribution >= 0.6 is 0 Å². The molecular formula is C27H34N6O2. The van der Waals surface area contributed by atoms with Gasteiger partial charge in [-0.25, -0.2) is 0 Å². The van der Waals surface area contributed by atoms with Crippen molar-refractivity contribution >= 4 is 23.0 Å². The Kier molecular flexibility index (Phi) is 7.86. The highest BCUT2D eigenvalue weighted by Gasteiger charge is 2.14. The quantitative estimate of drug-likeness (QED) is 0.261. The summed E-state index contributed by atoms with van der Waals surface area (Å²) in [5.74, 6) is 1.44. The van der Waals surface area contributed by atoms with Crippen LogP contribution in [0.15, 0.2) is 54.6 Å². The van der Waals surface area contributed by atoms with E-state index in [1.165, 1.54) is 0 Å². The molecule has 0 aliphatic carbocycles. The minimum Gasteiger partial charge on any atom is -0.496 e. The molecule has 3 aromatic rings. The Labute approximate surface area is 207 Å². The summed E-state index contributed by atoms with van der Waals surface area (Å²) in [5.41, 5.74) is 17.8. The molecule has 184 valence electrons. The predicted octanol–water partition coefficient (Wildman–Crippen LogP) is 3.85. The smallest absolute Gasteiger partial charge is 0.124 e. The lowest BCUT2D eigenvalue weighted by molar-refractivity contribution is 0.409. The van der Waals surface area contributed by atoms with E-state index in [-0.39, 0.29) is 11.7 Å². The number of methoxy groups -OCH3 is 2. The van der Waals surface area contributed by atoms with Crippen LogP contribution in [0.2, 0.25) is 0 Å². The van der Waals surface area contributed by atoms with Crippen molar-refractivity contribution in [1.82, 2.24) is 0 Å². The zero-order chi connectivity index (χ0) is 25.7. The minimum atomic E-state index is 0.0159. The molecule has 0 aromatic heterocycles. The van der Waals surface area contributed by atoms with Gasteiger partial charge in [0.1, 0.15) is 23.2 Å². The Morgan fingerprint density at radius 1 is 0.714 bits per heavy atom. The zero-order valence-corrected chi connectivity index (χ0v) is 21.0. The van der Waals surface area contributed by atoms with Gasteiger partial charge in [-0.15, -0.1) is 0 Å². The average Bonchev–Trinajstić information content (AvgIpc) is 2.83. The third-order valence-corrected chi connectivity index (χ3v) is 5.94. The first kappa shape index (κ1) is 25.4. The molecule has 3 rings (SSSR count). The number of rotatable bonds is 10. The number of benzene rings is 3. The first-order chi connectivity index (χ1) is 16.6. The van der Waals surface area contributed by atoms with Crippen molar-refractivity contribution in [2.75, 3.05) is 38.1 Å². The molecular weight excluding hydrogens is 440 g/mol. The van der Waals surface area contributed by atoms with Crippen LogP contribution in [0, 0.1) is 17.7 Å². The largest absolute Gasteiger partial charge is 0.496 e. The third kappa shape index (κ3) is 6.03. The van der Waals surface area contributed by atoms with Gasteiger partial charge in [-0.1, -0.05) is 24.3 Å². The monoisotopic (exact) mass is 474 g/mol. The van der Waals surface area contributed by atoms with E-state index in [2.05, 4.69) is 34.9 Å². The Hall–Kier alpha value is -4.20. The van der Waals surface area contributed by atoms with Crippen molar-refractivity contribution in [1.29, 1.82) is 10.8 Å². The van der Waals surface area contributed by atoms with Gasteiger partial charge in [0, 0.05) is 60.8 Å². The molecule has 0 aliphatic rings. The van der Waals surface area contributed by atoms with Crippen LogP contribution in [0.4, 0.5) is 11.4 Å². The SMILES string of the molecule is COc1cc(C(=N)N)ccc1CN(C)c1cc(C)cc(N(C)Cc2ccc(C(=N)N)cc2OC)c1. The molecule has 6 N–H and O–H groups in total. The second-order valence-corrected chi connectivity index (χ2v) is 8.62. The summed E-state index contributed by atoms with van der Waals surface area (Å²) >= 11 is 0. The minimum absolute atomic E-state index is 0.0159.